The number of carbonyl (C=O) groups excluding carboxylic acids is 1. The minimum Gasteiger partial charge on any atom is -0.507 e. The van der Waals surface area contributed by atoms with Crippen LogP contribution in [0.2, 0.25) is 0 Å². The van der Waals surface area contributed by atoms with Gasteiger partial charge in [-0.05, 0) is 62.7 Å². The number of methoxy groups -OCH3 is 1. The Morgan fingerprint density at radius 1 is 1.14 bits per heavy atom. The van der Waals surface area contributed by atoms with Gasteiger partial charge in [-0.3, -0.25) is 14.9 Å². The number of halogens is 1. The SMILES string of the molecule is COc1cc(/C=N\NC(=O)c2cc([N+](=O)[O-])ccc2O)cc(I)c1OCc1cccc2ccccc12. The van der Waals surface area contributed by atoms with E-state index in [2.05, 4.69) is 51.3 Å². The maximum Gasteiger partial charge on any atom is 0.275 e. The van der Waals surface area contributed by atoms with Crippen molar-refractivity contribution < 1.29 is 24.3 Å². The lowest BCUT2D eigenvalue weighted by molar-refractivity contribution is -0.384. The highest BCUT2D eigenvalue weighted by molar-refractivity contribution is 14.1. The van der Waals surface area contributed by atoms with E-state index in [4.69, 9.17) is 9.47 Å². The van der Waals surface area contributed by atoms with Crippen LogP contribution in [0.4, 0.5) is 5.69 Å². The number of non-ortho nitro benzene ring substituents is 1. The van der Waals surface area contributed by atoms with Crippen LogP contribution in [0.25, 0.3) is 10.8 Å². The van der Waals surface area contributed by atoms with Gasteiger partial charge in [-0.25, -0.2) is 5.43 Å². The summed E-state index contributed by atoms with van der Waals surface area (Å²) in [6.07, 6.45) is 1.39. The van der Waals surface area contributed by atoms with Crippen LogP contribution in [0.1, 0.15) is 21.5 Å². The number of benzene rings is 4. The van der Waals surface area contributed by atoms with E-state index in [1.807, 2.05) is 30.3 Å². The highest BCUT2D eigenvalue weighted by atomic mass is 127. The smallest absolute Gasteiger partial charge is 0.275 e. The average molecular weight is 597 g/mol. The van der Waals surface area contributed by atoms with Gasteiger partial charge in [0.05, 0.1) is 27.4 Å². The van der Waals surface area contributed by atoms with Crippen LogP contribution in [-0.4, -0.2) is 29.3 Å². The van der Waals surface area contributed by atoms with Gasteiger partial charge < -0.3 is 14.6 Å². The standard InChI is InChI=1S/C26H20IN3O6/c1-35-24-12-16(14-28-29-26(32)21-13-19(30(33)34)9-10-23(21)31)11-22(27)25(24)36-15-18-7-4-6-17-5-2-3-8-20(17)18/h2-14,31H,15H2,1H3,(H,29,32)/b28-14-. The van der Waals surface area contributed by atoms with Crippen molar-refractivity contribution in [2.45, 2.75) is 6.61 Å². The van der Waals surface area contributed by atoms with Gasteiger partial charge in [0.1, 0.15) is 12.4 Å². The molecule has 0 bridgehead atoms. The number of hydrogen-bond donors (Lipinski definition) is 2. The van der Waals surface area contributed by atoms with Gasteiger partial charge in [0, 0.05) is 12.1 Å². The molecule has 0 aliphatic heterocycles. The molecule has 0 saturated carbocycles. The number of hydrazone groups is 1. The molecule has 9 nitrogen and oxygen atoms in total. The molecule has 0 unspecified atom stereocenters. The molecule has 0 aromatic heterocycles. The number of nitrogens with one attached hydrogen (secondary N) is 1. The molecule has 10 heteroatoms. The predicted molar refractivity (Wildman–Crippen MR) is 144 cm³/mol. The fourth-order valence-corrected chi connectivity index (χ4v) is 4.35. The van der Waals surface area contributed by atoms with E-state index in [9.17, 15) is 20.0 Å². The van der Waals surface area contributed by atoms with E-state index in [0.717, 1.165) is 38.1 Å². The molecule has 182 valence electrons. The van der Waals surface area contributed by atoms with Gasteiger partial charge in [0.15, 0.2) is 11.5 Å². The largest absolute Gasteiger partial charge is 0.507 e. The number of fused-ring (bicyclic) bond motifs is 1. The van der Waals surface area contributed by atoms with Gasteiger partial charge in [-0.2, -0.15) is 5.10 Å². The summed E-state index contributed by atoms with van der Waals surface area (Å²) in [5.41, 5.74) is 3.35. The average Bonchev–Trinajstić information content (AvgIpc) is 2.87. The summed E-state index contributed by atoms with van der Waals surface area (Å²) >= 11 is 2.13. The Morgan fingerprint density at radius 2 is 1.92 bits per heavy atom. The number of hydrogen-bond acceptors (Lipinski definition) is 7. The van der Waals surface area contributed by atoms with Gasteiger partial charge in [0.2, 0.25) is 0 Å². The van der Waals surface area contributed by atoms with Crippen molar-refractivity contribution in [3.63, 3.8) is 0 Å². The Balaban J connectivity index is 1.49. The molecule has 0 aliphatic rings. The molecule has 0 aliphatic carbocycles. The number of phenols is 1. The molecule has 0 atom stereocenters. The van der Waals surface area contributed by atoms with E-state index in [0.29, 0.717) is 23.7 Å². The zero-order valence-electron chi connectivity index (χ0n) is 19.0. The van der Waals surface area contributed by atoms with E-state index in [1.54, 1.807) is 6.07 Å². The van der Waals surface area contributed by atoms with Crippen molar-refractivity contribution in [1.29, 1.82) is 0 Å². The summed E-state index contributed by atoms with van der Waals surface area (Å²) in [6, 6.07) is 20.8. The quantitative estimate of drug-likeness (QED) is 0.121. The number of nitro benzene ring substituents is 1. The van der Waals surface area contributed by atoms with E-state index >= 15 is 0 Å². The molecule has 0 spiro atoms. The topological polar surface area (TPSA) is 123 Å². The lowest BCUT2D eigenvalue weighted by Crippen LogP contribution is -2.18. The monoisotopic (exact) mass is 597 g/mol. The number of rotatable bonds is 8. The molecule has 0 radical (unpaired) electrons. The summed E-state index contributed by atoms with van der Waals surface area (Å²) in [6.45, 7) is 0.351. The molecular formula is C26H20IN3O6. The fourth-order valence-electron chi connectivity index (χ4n) is 3.57. The van der Waals surface area contributed by atoms with Gasteiger partial charge in [-0.15, -0.1) is 0 Å². The fraction of sp³-hybridized carbons (Fsp3) is 0.0769. The van der Waals surface area contributed by atoms with Crippen LogP contribution in [0.15, 0.2) is 77.9 Å². The highest BCUT2D eigenvalue weighted by Crippen LogP contribution is 2.34. The number of nitrogens with zero attached hydrogens (tertiary/aromatic N) is 2. The number of nitro groups is 1. The van der Waals surface area contributed by atoms with E-state index in [-0.39, 0.29) is 11.3 Å². The van der Waals surface area contributed by atoms with Crippen molar-refractivity contribution in [2.24, 2.45) is 5.10 Å². The molecule has 0 saturated heterocycles. The van der Waals surface area contributed by atoms with Gasteiger partial charge >= 0.3 is 0 Å². The van der Waals surface area contributed by atoms with Gasteiger partial charge in [0.25, 0.3) is 11.6 Å². The Morgan fingerprint density at radius 3 is 2.69 bits per heavy atom. The molecule has 4 aromatic carbocycles. The first-order valence-electron chi connectivity index (χ1n) is 10.6. The van der Waals surface area contributed by atoms with Crippen LogP contribution < -0.4 is 14.9 Å². The Labute approximate surface area is 219 Å². The molecule has 4 rings (SSSR count). The second-order valence-electron chi connectivity index (χ2n) is 7.62. The second-order valence-corrected chi connectivity index (χ2v) is 8.78. The van der Waals surface area contributed by atoms with E-state index in [1.165, 1.54) is 13.3 Å². The zero-order valence-corrected chi connectivity index (χ0v) is 21.1. The maximum atomic E-state index is 12.3. The Kier molecular flexibility index (Phi) is 7.64. The number of phenolic OH excluding ortho intramolecular Hbond substituents is 1. The molecule has 1 amide bonds. The van der Waals surface area contributed by atoms with Crippen molar-refractivity contribution in [3.05, 3.63) is 103 Å². The van der Waals surface area contributed by atoms with Crippen LogP contribution in [0.3, 0.4) is 0 Å². The summed E-state index contributed by atoms with van der Waals surface area (Å²) in [5.74, 6) is -0.110. The van der Waals surface area contributed by atoms with Crippen LogP contribution >= 0.6 is 22.6 Å². The molecule has 0 fully saturated rings. The second kappa shape index (κ2) is 11.0. The van der Waals surface area contributed by atoms with Crippen LogP contribution in [0.5, 0.6) is 17.2 Å². The minimum absolute atomic E-state index is 0.259. The van der Waals surface area contributed by atoms with E-state index < -0.39 is 16.6 Å². The summed E-state index contributed by atoms with van der Waals surface area (Å²) in [7, 11) is 1.53. The molecule has 2 N–H and O–H groups in total. The predicted octanol–water partition coefficient (Wildman–Crippen LogP) is 5.41. The molecular weight excluding hydrogens is 577 g/mol. The van der Waals surface area contributed by atoms with Gasteiger partial charge in [-0.1, -0.05) is 42.5 Å². The zero-order chi connectivity index (χ0) is 25.7. The third-order valence-corrected chi connectivity index (χ3v) is 6.12. The third-order valence-electron chi connectivity index (χ3n) is 5.32. The maximum absolute atomic E-state index is 12.3. The first kappa shape index (κ1) is 24.9. The molecule has 4 aromatic rings. The molecule has 36 heavy (non-hydrogen) atoms. The van der Waals surface area contributed by atoms with Crippen molar-refractivity contribution in [1.82, 2.24) is 5.43 Å². The van der Waals surface area contributed by atoms with Crippen LogP contribution in [-0.2, 0) is 6.61 Å². The number of ether oxygens (including phenoxy) is 2. The lowest BCUT2D eigenvalue weighted by Gasteiger charge is -2.14. The van der Waals surface area contributed by atoms with Crippen molar-refractivity contribution >= 4 is 51.2 Å². The van der Waals surface area contributed by atoms with Crippen molar-refractivity contribution in [2.75, 3.05) is 7.11 Å². The van der Waals surface area contributed by atoms with Crippen molar-refractivity contribution in [3.8, 4) is 17.2 Å². The Bertz CT molecular complexity index is 1480. The minimum atomic E-state index is -0.788. The number of aromatic hydroxyl groups is 1. The summed E-state index contributed by atoms with van der Waals surface area (Å²) in [5, 5.41) is 26.9. The van der Waals surface area contributed by atoms with Crippen LogP contribution in [0, 0.1) is 13.7 Å². The molecule has 0 heterocycles. The lowest BCUT2D eigenvalue weighted by atomic mass is 10.1. The third kappa shape index (κ3) is 5.54. The summed E-state index contributed by atoms with van der Waals surface area (Å²) in [4.78, 5) is 22.6. The Hall–Kier alpha value is -4.19. The normalized spacial score (nSPS) is 10.9. The summed E-state index contributed by atoms with van der Waals surface area (Å²) < 4.78 is 12.4. The first-order chi connectivity index (χ1) is 17.4. The number of amides is 1. The highest BCUT2D eigenvalue weighted by Gasteiger charge is 2.16. The first-order valence-corrected chi connectivity index (χ1v) is 11.7. The number of carbonyl (C=O) groups is 1.